The molecule has 5 nitrogen and oxygen atoms in total. The third-order valence-corrected chi connectivity index (χ3v) is 4.87. The van der Waals surface area contributed by atoms with Gasteiger partial charge >= 0.3 is 0 Å². The lowest BCUT2D eigenvalue weighted by atomic mass is 9.89. The summed E-state index contributed by atoms with van der Waals surface area (Å²) in [5, 5.41) is 12.1. The van der Waals surface area contributed by atoms with E-state index < -0.39 is 0 Å². The zero-order valence-electron chi connectivity index (χ0n) is 14.4. The maximum absolute atomic E-state index is 12.6. The lowest BCUT2D eigenvalue weighted by Gasteiger charge is -2.38. The first-order chi connectivity index (χ1) is 12.2. The number of benzene rings is 1. The Hall–Kier alpha value is -2.58. The van der Waals surface area contributed by atoms with Gasteiger partial charge in [0.05, 0.1) is 24.4 Å². The number of nitriles is 1. The van der Waals surface area contributed by atoms with Crippen LogP contribution in [-0.2, 0) is 6.54 Å². The minimum Gasteiger partial charge on any atom is -0.468 e. The number of furan rings is 1. The minimum atomic E-state index is -0.0761. The summed E-state index contributed by atoms with van der Waals surface area (Å²) in [6.07, 6.45) is 6.04. The predicted octanol–water partition coefficient (Wildman–Crippen LogP) is 3.32. The molecule has 1 heterocycles. The van der Waals surface area contributed by atoms with E-state index in [0.29, 0.717) is 17.2 Å². The van der Waals surface area contributed by atoms with E-state index >= 15 is 0 Å². The average molecular weight is 337 g/mol. The standard InChI is InChI=1S/C20H23N3O2/c1-23(14-17-5-4-12-25-17)19-7-3-2-6-18(19)22-20(24)16-10-8-15(13-21)9-11-16/h4-5,8-12,18-19H,2-3,6-7,14H2,1H3,(H,22,24). The summed E-state index contributed by atoms with van der Waals surface area (Å²) in [4.78, 5) is 14.8. The molecule has 1 aromatic carbocycles. The molecule has 0 saturated heterocycles. The van der Waals surface area contributed by atoms with E-state index in [2.05, 4.69) is 23.3 Å². The molecule has 0 radical (unpaired) electrons. The third kappa shape index (κ3) is 4.28. The van der Waals surface area contributed by atoms with Crippen LogP contribution in [0.1, 0.15) is 47.4 Å². The van der Waals surface area contributed by atoms with Gasteiger partial charge in [-0.05, 0) is 56.3 Å². The molecule has 1 aliphatic rings. The molecule has 1 N–H and O–H groups in total. The normalized spacial score (nSPS) is 20.2. The van der Waals surface area contributed by atoms with Crippen molar-refractivity contribution in [3.05, 3.63) is 59.5 Å². The number of nitrogens with one attached hydrogen (secondary N) is 1. The van der Waals surface area contributed by atoms with Gasteiger partial charge in [-0.25, -0.2) is 0 Å². The second-order valence-electron chi connectivity index (χ2n) is 6.62. The Morgan fingerprint density at radius 2 is 2.04 bits per heavy atom. The highest BCUT2D eigenvalue weighted by atomic mass is 16.3. The van der Waals surface area contributed by atoms with Crippen molar-refractivity contribution in [2.75, 3.05) is 7.05 Å². The van der Waals surface area contributed by atoms with Crippen molar-refractivity contribution in [1.82, 2.24) is 10.2 Å². The van der Waals surface area contributed by atoms with Gasteiger partial charge in [-0.2, -0.15) is 5.26 Å². The number of hydrogen-bond acceptors (Lipinski definition) is 4. The van der Waals surface area contributed by atoms with Gasteiger partial charge in [0.1, 0.15) is 5.76 Å². The molecule has 1 aromatic heterocycles. The van der Waals surface area contributed by atoms with Crippen LogP contribution in [0, 0.1) is 11.3 Å². The van der Waals surface area contributed by atoms with E-state index in [1.165, 1.54) is 6.42 Å². The zero-order chi connectivity index (χ0) is 17.6. The molecule has 0 bridgehead atoms. The van der Waals surface area contributed by atoms with Crippen molar-refractivity contribution >= 4 is 5.91 Å². The van der Waals surface area contributed by atoms with Gasteiger partial charge in [0.25, 0.3) is 5.91 Å². The van der Waals surface area contributed by atoms with Crippen LogP contribution >= 0.6 is 0 Å². The molecule has 130 valence electrons. The second-order valence-corrected chi connectivity index (χ2v) is 6.62. The molecular formula is C20H23N3O2. The Labute approximate surface area is 148 Å². The summed E-state index contributed by atoms with van der Waals surface area (Å²) in [6.45, 7) is 0.737. The van der Waals surface area contributed by atoms with Crippen LogP contribution in [-0.4, -0.2) is 29.9 Å². The molecule has 1 saturated carbocycles. The first kappa shape index (κ1) is 17.2. The van der Waals surface area contributed by atoms with Crippen LogP contribution in [0.4, 0.5) is 0 Å². The molecule has 1 fully saturated rings. The number of likely N-dealkylation sites (N-methyl/N-ethyl adjacent to an activating group) is 1. The first-order valence-electron chi connectivity index (χ1n) is 8.71. The maximum Gasteiger partial charge on any atom is 0.251 e. The van der Waals surface area contributed by atoms with Gasteiger partial charge in [0.15, 0.2) is 0 Å². The van der Waals surface area contributed by atoms with Crippen LogP contribution in [0.25, 0.3) is 0 Å². The topological polar surface area (TPSA) is 69.3 Å². The smallest absolute Gasteiger partial charge is 0.251 e. The predicted molar refractivity (Wildman–Crippen MR) is 94.8 cm³/mol. The fraction of sp³-hybridized carbons (Fsp3) is 0.400. The third-order valence-electron chi connectivity index (χ3n) is 4.87. The molecular weight excluding hydrogens is 314 g/mol. The quantitative estimate of drug-likeness (QED) is 0.908. The Bertz CT molecular complexity index is 731. The van der Waals surface area contributed by atoms with Crippen molar-refractivity contribution in [3.63, 3.8) is 0 Å². The van der Waals surface area contributed by atoms with Gasteiger partial charge in [-0.3, -0.25) is 9.69 Å². The molecule has 1 aliphatic carbocycles. The molecule has 2 unspecified atom stereocenters. The Balaban J connectivity index is 1.65. The van der Waals surface area contributed by atoms with E-state index in [9.17, 15) is 4.79 Å². The lowest BCUT2D eigenvalue weighted by Crippen LogP contribution is -2.51. The Morgan fingerprint density at radius 3 is 2.72 bits per heavy atom. The van der Waals surface area contributed by atoms with Crippen molar-refractivity contribution < 1.29 is 9.21 Å². The molecule has 0 spiro atoms. The fourth-order valence-corrected chi connectivity index (χ4v) is 3.52. The molecule has 3 rings (SSSR count). The molecule has 5 heteroatoms. The highest BCUT2D eigenvalue weighted by molar-refractivity contribution is 5.94. The van der Waals surface area contributed by atoms with Crippen molar-refractivity contribution in [2.24, 2.45) is 0 Å². The van der Waals surface area contributed by atoms with E-state index in [4.69, 9.17) is 9.68 Å². The number of amides is 1. The molecule has 25 heavy (non-hydrogen) atoms. The number of carbonyl (C=O) groups excluding carboxylic acids is 1. The lowest BCUT2D eigenvalue weighted by molar-refractivity contribution is 0.0850. The number of carbonyl (C=O) groups is 1. The second kappa shape index (κ2) is 8.00. The minimum absolute atomic E-state index is 0.0761. The van der Waals surface area contributed by atoms with E-state index in [-0.39, 0.29) is 11.9 Å². The summed E-state index contributed by atoms with van der Waals surface area (Å²) in [5.74, 6) is 0.859. The maximum atomic E-state index is 12.6. The summed E-state index contributed by atoms with van der Waals surface area (Å²) >= 11 is 0. The number of hydrogen-bond donors (Lipinski definition) is 1. The van der Waals surface area contributed by atoms with E-state index in [1.807, 2.05) is 12.1 Å². The molecule has 2 aromatic rings. The van der Waals surface area contributed by atoms with Gasteiger partial charge in [0, 0.05) is 17.6 Å². The number of nitrogens with zero attached hydrogens (tertiary/aromatic N) is 2. The van der Waals surface area contributed by atoms with E-state index in [0.717, 1.165) is 31.6 Å². The van der Waals surface area contributed by atoms with Gasteiger partial charge in [-0.15, -0.1) is 0 Å². The van der Waals surface area contributed by atoms with Crippen molar-refractivity contribution in [1.29, 1.82) is 5.26 Å². The van der Waals surface area contributed by atoms with Crippen LogP contribution in [0.5, 0.6) is 0 Å². The highest BCUT2D eigenvalue weighted by Crippen LogP contribution is 2.24. The van der Waals surface area contributed by atoms with Crippen molar-refractivity contribution in [3.8, 4) is 6.07 Å². The van der Waals surface area contributed by atoms with E-state index in [1.54, 1.807) is 30.5 Å². The molecule has 1 amide bonds. The fourth-order valence-electron chi connectivity index (χ4n) is 3.52. The van der Waals surface area contributed by atoms with Crippen LogP contribution in [0.15, 0.2) is 47.1 Å². The monoisotopic (exact) mass is 337 g/mol. The summed E-state index contributed by atoms with van der Waals surface area (Å²) in [5.41, 5.74) is 1.15. The summed E-state index contributed by atoms with van der Waals surface area (Å²) in [6, 6.07) is 13.1. The van der Waals surface area contributed by atoms with Crippen LogP contribution < -0.4 is 5.32 Å². The summed E-state index contributed by atoms with van der Waals surface area (Å²) in [7, 11) is 2.08. The largest absolute Gasteiger partial charge is 0.468 e. The Kier molecular flexibility index (Phi) is 5.52. The summed E-state index contributed by atoms with van der Waals surface area (Å²) < 4.78 is 5.45. The first-order valence-corrected chi connectivity index (χ1v) is 8.71. The zero-order valence-corrected chi connectivity index (χ0v) is 14.4. The Morgan fingerprint density at radius 1 is 1.28 bits per heavy atom. The SMILES string of the molecule is CN(Cc1ccco1)C1CCCCC1NC(=O)c1ccc(C#N)cc1. The van der Waals surface area contributed by atoms with Gasteiger partial charge in [0.2, 0.25) is 0 Å². The molecule has 0 aliphatic heterocycles. The van der Waals surface area contributed by atoms with Gasteiger partial charge in [-0.1, -0.05) is 12.8 Å². The van der Waals surface area contributed by atoms with Gasteiger partial charge < -0.3 is 9.73 Å². The average Bonchev–Trinajstić information content (AvgIpc) is 3.15. The molecule has 2 atom stereocenters. The van der Waals surface area contributed by atoms with Crippen LogP contribution in [0.3, 0.4) is 0 Å². The van der Waals surface area contributed by atoms with Crippen molar-refractivity contribution in [2.45, 2.75) is 44.3 Å². The highest BCUT2D eigenvalue weighted by Gasteiger charge is 2.30. The number of rotatable bonds is 5. The van der Waals surface area contributed by atoms with Crippen LogP contribution in [0.2, 0.25) is 0 Å².